The number of phosphoric acid groups is 1. The fourth-order valence-corrected chi connectivity index (χ4v) is 5.47. The molecule has 0 aliphatic heterocycles. The van der Waals surface area contributed by atoms with E-state index >= 15 is 0 Å². The average molecular weight is 741 g/mol. The van der Waals surface area contributed by atoms with E-state index in [1.54, 1.807) is 0 Å². The summed E-state index contributed by atoms with van der Waals surface area (Å²) >= 11 is 0. The largest absolute Gasteiger partial charge is 0.472 e. The molecule has 3 atom stereocenters. The van der Waals surface area contributed by atoms with Crippen molar-refractivity contribution in [3.63, 3.8) is 0 Å². The number of esters is 2. The number of allylic oxidation sites excluding steroid dienone is 10. The monoisotopic (exact) mass is 740 g/mol. The lowest BCUT2D eigenvalue weighted by atomic mass is 10.1. The number of carbonyl (C=O) groups is 2. The van der Waals surface area contributed by atoms with Crippen LogP contribution < -0.4 is 0 Å². The molecule has 3 N–H and O–H groups in total. The second-order valence-electron chi connectivity index (χ2n) is 12.6. The number of aliphatic hydroxyl groups excluding tert-OH is 2. The van der Waals surface area contributed by atoms with Crippen molar-refractivity contribution in [2.75, 3.05) is 26.4 Å². The second kappa shape index (κ2) is 36.0. The Labute approximate surface area is 308 Å². The molecule has 0 aliphatic rings. The van der Waals surface area contributed by atoms with E-state index in [-0.39, 0.29) is 19.4 Å². The molecule has 0 radical (unpaired) electrons. The Morgan fingerprint density at radius 3 is 1.69 bits per heavy atom. The zero-order chi connectivity index (χ0) is 37.7. The third-order valence-electron chi connectivity index (χ3n) is 7.66. The predicted octanol–water partition coefficient (Wildman–Crippen LogP) is 9.55. The van der Waals surface area contributed by atoms with Gasteiger partial charge in [0.1, 0.15) is 12.7 Å². The topological polar surface area (TPSA) is 149 Å². The van der Waals surface area contributed by atoms with Crippen molar-refractivity contribution in [1.82, 2.24) is 0 Å². The summed E-state index contributed by atoms with van der Waals surface area (Å²) in [5, 5.41) is 18.3. The third-order valence-corrected chi connectivity index (χ3v) is 8.61. The first-order chi connectivity index (χ1) is 24.7. The molecule has 294 valence electrons. The van der Waals surface area contributed by atoms with Gasteiger partial charge in [0.2, 0.25) is 0 Å². The molecule has 0 amide bonds. The van der Waals surface area contributed by atoms with E-state index in [1.807, 2.05) is 0 Å². The molecule has 0 aromatic carbocycles. The maximum atomic E-state index is 12.5. The van der Waals surface area contributed by atoms with Crippen LogP contribution in [0.2, 0.25) is 0 Å². The van der Waals surface area contributed by atoms with Crippen molar-refractivity contribution in [3.8, 4) is 0 Å². The zero-order valence-electron chi connectivity index (χ0n) is 31.5. The van der Waals surface area contributed by atoms with Gasteiger partial charge in [-0.1, -0.05) is 113 Å². The summed E-state index contributed by atoms with van der Waals surface area (Å²) in [6, 6.07) is 0. The van der Waals surface area contributed by atoms with E-state index in [2.05, 4.69) is 79.1 Å². The summed E-state index contributed by atoms with van der Waals surface area (Å²) in [6.45, 7) is 2.16. The van der Waals surface area contributed by atoms with Crippen LogP contribution in [0.4, 0.5) is 0 Å². The molecule has 0 heterocycles. The van der Waals surface area contributed by atoms with Crippen LogP contribution in [0.3, 0.4) is 0 Å². The van der Waals surface area contributed by atoms with Crippen molar-refractivity contribution in [3.05, 3.63) is 60.8 Å². The molecule has 0 aromatic heterocycles. The van der Waals surface area contributed by atoms with E-state index in [0.717, 1.165) is 77.0 Å². The highest BCUT2D eigenvalue weighted by molar-refractivity contribution is 7.47. The number of aliphatic hydroxyl groups is 2. The Morgan fingerprint density at radius 2 is 1.08 bits per heavy atom. The van der Waals surface area contributed by atoms with Gasteiger partial charge < -0.3 is 24.6 Å². The van der Waals surface area contributed by atoms with Crippen LogP contribution in [0.1, 0.15) is 142 Å². The Bertz CT molecular complexity index is 1040. The SMILES string of the molecule is CC/C=C/C/C=C/C/C=C/C/C=C/CCCCC(=O)O[C@H](COC(=O)CCCCCCC/C=C/CCCCCC)COP(=O)(O)OC[C@@H](O)CO. The van der Waals surface area contributed by atoms with Crippen LogP contribution in [-0.2, 0) is 32.7 Å². The van der Waals surface area contributed by atoms with Gasteiger partial charge in [0.25, 0.3) is 0 Å². The summed E-state index contributed by atoms with van der Waals surface area (Å²) in [6.07, 6.45) is 37.7. The molecule has 51 heavy (non-hydrogen) atoms. The van der Waals surface area contributed by atoms with Gasteiger partial charge in [0.05, 0.1) is 19.8 Å². The first-order valence-electron chi connectivity index (χ1n) is 19.2. The van der Waals surface area contributed by atoms with E-state index in [0.29, 0.717) is 12.8 Å². The van der Waals surface area contributed by atoms with Gasteiger partial charge >= 0.3 is 19.8 Å². The first kappa shape index (κ1) is 48.7. The molecule has 10 nitrogen and oxygen atoms in total. The highest BCUT2D eigenvalue weighted by Crippen LogP contribution is 2.43. The Kier molecular flexibility index (Phi) is 34.4. The lowest BCUT2D eigenvalue weighted by molar-refractivity contribution is -0.161. The number of hydrogen-bond donors (Lipinski definition) is 3. The van der Waals surface area contributed by atoms with Crippen LogP contribution in [0, 0.1) is 0 Å². The third kappa shape index (κ3) is 35.8. The second-order valence-corrected chi connectivity index (χ2v) is 14.0. The molecule has 0 spiro atoms. The molecule has 0 rings (SSSR count). The number of hydrogen-bond acceptors (Lipinski definition) is 9. The van der Waals surface area contributed by atoms with Gasteiger partial charge in [-0.05, 0) is 77.0 Å². The van der Waals surface area contributed by atoms with Gasteiger partial charge in [-0.15, -0.1) is 0 Å². The summed E-state index contributed by atoms with van der Waals surface area (Å²) in [5.41, 5.74) is 0. The first-order valence-corrected chi connectivity index (χ1v) is 20.7. The number of phosphoric ester groups is 1. The molecule has 11 heteroatoms. The molecule has 0 saturated carbocycles. The van der Waals surface area contributed by atoms with Gasteiger partial charge in [-0.3, -0.25) is 18.6 Å². The van der Waals surface area contributed by atoms with E-state index in [9.17, 15) is 24.2 Å². The molecule has 0 fully saturated rings. The van der Waals surface area contributed by atoms with Crippen molar-refractivity contribution in [2.24, 2.45) is 0 Å². The van der Waals surface area contributed by atoms with Crippen molar-refractivity contribution >= 4 is 19.8 Å². The Hall–Kier alpha value is -2.33. The normalized spacial score (nSPS) is 14.7. The van der Waals surface area contributed by atoms with E-state index in [1.165, 1.54) is 25.7 Å². The van der Waals surface area contributed by atoms with Crippen molar-refractivity contribution in [1.29, 1.82) is 0 Å². The Balaban J connectivity index is 4.47. The minimum absolute atomic E-state index is 0.128. The quantitative estimate of drug-likeness (QED) is 0.0248. The zero-order valence-corrected chi connectivity index (χ0v) is 32.4. The summed E-state index contributed by atoms with van der Waals surface area (Å²) in [4.78, 5) is 34.8. The highest BCUT2D eigenvalue weighted by atomic mass is 31.2. The van der Waals surface area contributed by atoms with E-state index in [4.69, 9.17) is 19.1 Å². The lowest BCUT2D eigenvalue weighted by Gasteiger charge is -2.20. The van der Waals surface area contributed by atoms with Crippen LogP contribution in [0.5, 0.6) is 0 Å². The smallest absolute Gasteiger partial charge is 0.462 e. The minimum atomic E-state index is -4.63. The highest BCUT2D eigenvalue weighted by Gasteiger charge is 2.27. The number of ether oxygens (including phenoxy) is 2. The van der Waals surface area contributed by atoms with Gasteiger partial charge in [0.15, 0.2) is 6.10 Å². The van der Waals surface area contributed by atoms with E-state index < -0.39 is 51.8 Å². The maximum absolute atomic E-state index is 12.5. The molecular formula is C40H69O10P. The van der Waals surface area contributed by atoms with Crippen molar-refractivity contribution in [2.45, 2.75) is 154 Å². The molecule has 0 saturated heterocycles. The van der Waals surface area contributed by atoms with Crippen LogP contribution in [0.25, 0.3) is 0 Å². The number of unbranched alkanes of at least 4 members (excludes halogenated alkanes) is 11. The van der Waals surface area contributed by atoms with Gasteiger partial charge in [0, 0.05) is 12.8 Å². The summed E-state index contributed by atoms with van der Waals surface area (Å²) in [5.74, 6) is -0.991. The summed E-state index contributed by atoms with van der Waals surface area (Å²) in [7, 11) is -4.63. The fourth-order valence-electron chi connectivity index (χ4n) is 4.68. The Morgan fingerprint density at radius 1 is 0.608 bits per heavy atom. The van der Waals surface area contributed by atoms with Crippen LogP contribution in [-0.4, -0.2) is 65.7 Å². The standard InChI is InChI=1S/C40H69O10P/c1-3-5-7-9-11-13-15-17-18-20-22-24-26-28-30-32-40(44)50-38(36-49-51(45,46)48-34-37(42)33-41)35-47-39(43)31-29-27-25-23-21-19-16-14-12-10-8-6-4-2/h5,7,11,13-14,16-18,22,24,37-38,41-42H,3-4,6,8-10,12,15,19-21,23,25-36H2,1-2H3,(H,45,46)/b7-5+,13-11+,16-14+,18-17+,24-22+/t37-,38+/m0/s1. The molecule has 0 aromatic rings. The van der Waals surface area contributed by atoms with Gasteiger partial charge in [-0.2, -0.15) is 0 Å². The molecule has 0 aliphatic carbocycles. The number of rotatable bonds is 35. The molecule has 1 unspecified atom stereocenters. The van der Waals surface area contributed by atoms with Crippen LogP contribution >= 0.6 is 7.82 Å². The van der Waals surface area contributed by atoms with Gasteiger partial charge in [-0.25, -0.2) is 4.57 Å². The van der Waals surface area contributed by atoms with Crippen LogP contribution in [0.15, 0.2) is 60.8 Å². The lowest BCUT2D eigenvalue weighted by Crippen LogP contribution is -2.29. The van der Waals surface area contributed by atoms with Crippen molar-refractivity contribution < 1.29 is 47.8 Å². The fraction of sp³-hybridized carbons (Fsp3) is 0.700. The molecular weight excluding hydrogens is 671 g/mol. The predicted molar refractivity (Wildman–Crippen MR) is 205 cm³/mol. The summed E-state index contributed by atoms with van der Waals surface area (Å²) < 4.78 is 32.5. The molecule has 0 bridgehead atoms. The number of carbonyl (C=O) groups excluding carboxylic acids is 2. The minimum Gasteiger partial charge on any atom is -0.462 e. The maximum Gasteiger partial charge on any atom is 0.472 e. The average Bonchev–Trinajstić information content (AvgIpc) is 3.12.